The molecule has 5 aromatic rings. The normalized spacial score (nSPS) is 11.4. The summed E-state index contributed by atoms with van der Waals surface area (Å²) >= 11 is 0. The fraction of sp³-hybridized carbons (Fsp3) is 0.138. The lowest BCUT2D eigenvalue weighted by molar-refractivity contribution is 0.0906. The Labute approximate surface area is 209 Å². The second kappa shape index (κ2) is 9.19. The summed E-state index contributed by atoms with van der Waals surface area (Å²) in [4.78, 5) is 31.7. The standard InChI is InChI=1S/C29H26N6O/c1-18-15-21-16-20(12-13-22(21)32-17-18)25-24(19-9-5-4-6-10-19)34-27(30)26(33-25)28(36)35-29(2,3)23-11-7-8-14-31-23/h4-17H,1-3H3,(H2,30,34)(H,35,36). The van der Waals surface area contributed by atoms with Crippen LogP contribution in [0, 0.1) is 6.92 Å². The molecule has 2 aromatic carbocycles. The van der Waals surface area contributed by atoms with E-state index in [0.717, 1.165) is 33.3 Å². The predicted molar refractivity (Wildman–Crippen MR) is 142 cm³/mol. The first-order valence-corrected chi connectivity index (χ1v) is 11.7. The van der Waals surface area contributed by atoms with Crippen molar-refractivity contribution in [3.63, 3.8) is 0 Å². The van der Waals surface area contributed by atoms with Crippen LogP contribution in [0.15, 0.2) is 85.2 Å². The van der Waals surface area contributed by atoms with Crippen LogP contribution >= 0.6 is 0 Å². The van der Waals surface area contributed by atoms with Gasteiger partial charge in [0.15, 0.2) is 11.5 Å². The van der Waals surface area contributed by atoms with E-state index in [9.17, 15) is 4.79 Å². The van der Waals surface area contributed by atoms with Crippen molar-refractivity contribution in [3.8, 4) is 22.5 Å². The summed E-state index contributed by atoms with van der Waals surface area (Å²) in [5, 5.41) is 3.99. The highest BCUT2D eigenvalue weighted by atomic mass is 16.2. The number of fused-ring (bicyclic) bond motifs is 1. The molecule has 1 amide bonds. The molecule has 0 atom stereocenters. The van der Waals surface area contributed by atoms with Crippen LogP contribution in [0.25, 0.3) is 33.4 Å². The minimum atomic E-state index is -0.739. The Morgan fingerprint density at radius 1 is 0.861 bits per heavy atom. The lowest BCUT2D eigenvalue weighted by Gasteiger charge is -2.25. The van der Waals surface area contributed by atoms with Crippen molar-refractivity contribution in [2.24, 2.45) is 0 Å². The molecule has 0 aliphatic carbocycles. The van der Waals surface area contributed by atoms with Crippen molar-refractivity contribution >= 4 is 22.6 Å². The van der Waals surface area contributed by atoms with E-state index >= 15 is 0 Å². The Morgan fingerprint density at radius 3 is 2.36 bits per heavy atom. The van der Waals surface area contributed by atoms with Crippen LogP contribution in [-0.2, 0) is 5.54 Å². The van der Waals surface area contributed by atoms with Gasteiger partial charge < -0.3 is 11.1 Å². The van der Waals surface area contributed by atoms with Gasteiger partial charge in [0.05, 0.1) is 28.1 Å². The predicted octanol–water partition coefficient (Wildman–Crippen LogP) is 5.31. The smallest absolute Gasteiger partial charge is 0.274 e. The molecule has 0 saturated heterocycles. The number of hydrogen-bond acceptors (Lipinski definition) is 6. The Kier molecular flexibility index (Phi) is 5.90. The molecule has 7 nitrogen and oxygen atoms in total. The van der Waals surface area contributed by atoms with Crippen molar-refractivity contribution in [2.75, 3.05) is 5.73 Å². The number of aromatic nitrogens is 4. The summed E-state index contributed by atoms with van der Waals surface area (Å²) < 4.78 is 0. The maximum atomic E-state index is 13.4. The molecule has 0 fully saturated rings. The van der Waals surface area contributed by atoms with E-state index in [1.165, 1.54) is 0 Å². The number of carbonyl (C=O) groups is 1. The molecular formula is C29H26N6O. The van der Waals surface area contributed by atoms with Gasteiger partial charge in [0.2, 0.25) is 0 Å². The fourth-order valence-electron chi connectivity index (χ4n) is 4.14. The Bertz CT molecular complexity index is 1570. The highest BCUT2D eigenvalue weighted by Crippen LogP contribution is 2.32. The Morgan fingerprint density at radius 2 is 1.61 bits per heavy atom. The second-order valence-corrected chi connectivity index (χ2v) is 9.23. The van der Waals surface area contributed by atoms with Crippen LogP contribution in [0.2, 0.25) is 0 Å². The van der Waals surface area contributed by atoms with E-state index in [2.05, 4.69) is 26.3 Å². The summed E-state index contributed by atoms with van der Waals surface area (Å²) in [5.41, 5.74) is 11.2. The molecule has 0 bridgehead atoms. The maximum absolute atomic E-state index is 13.4. The first-order valence-electron chi connectivity index (χ1n) is 11.7. The highest BCUT2D eigenvalue weighted by Gasteiger charge is 2.28. The zero-order valence-corrected chi connectivity index (χ0v) is 20.4. The zero-order chi connectivity index (χ0) is 25.3. The first-order chi connectivity index (χ1) is 17.3. The molecule has 0 saturated carbocycles. The molecule has 0 radical (unpaired) electrons. The third-order valence-electron chi connectivity index (χ3n) is 6.01. The van der Waals surface area contributed by atoms with Gasteiger partial charge in [-0.05, 0) is 56.7 Å². The molecule has 7 heteroatoms. The van der Waals surface area contributed by atoms with Gasteiger partial charge in [-0.1, -0.05) is 42.5 Å². The Balaban J connectivity index is 1.63. The van der Waals surface area contributed by atoms with E-state index in [-0.39, 0.29) is 11.5 Å². The van der Waals surface area contributed by atoms with Crippen LogP contribution in [0.3, 0.4) is 0 Å². The number of carbonyl (C=O) groups excluding carboxylic acids is 1. The molecular weight excluding hydrogens is 448 g/mol. The summed E-state index contributed by atoms with van der Waals surface area (Å²) in [5.74, 6) is -0.361. The van der Waals surface area contributed by atoms with Gasteiger partial charge in [-0.2, -0.15) is 0 Å². The lowest BCUT2D eigenvalue weighted by atomic mass is 9.99. The average Bonchev–Trinajstić information content (AvgIpc) is 2.88. The molecule has 3 heterocycles. The van der Waals surface area contributed by atoms with E-state index < -0.39 is 11.4 Å². The van der Waals surface area contributed by atoms with Crippen molar-refractivity contribution < 1.29 is 4.79 Å². The maximum Gasteiger partial charge on any atom is 0.274 e. The number of rotatable bonds is 5. The molecule has 3 N–H and O–H groups in total. The molecule has 36 heavy (non-hydrogen) atoms. The van der Waals surface area contributed by atoms with Crippen LogP contribution in [0.4, 0.5) is 5.82 Å². The van der Waals surface area contributed by atoms with Gasteiger partial charge >= 0.3 is 0 Å². The largest absolute Gasteiger partial charge is 0.382 e. The minimum absolute atomic E-state index is 0.0604. The lowest BCUT2D eigenvalue weighted by Crippen LogP contribution is -2.42. The first kappa shape index (κ1) is 23.1. The number of nitrogens with two attached hydrogens (primary N) is 1. The molecule has 178 valence electrons. The molecule has 0 aliphatic rings. The number of benzene rings is 2. The van der Waals surface area contributed by atoms with Crippen LogP contribution < -0.4 is 11.1 Å². The van der Waals surface area contributed by atoms with E-state index in [1.807, 2.05) is 93.7 Å². The number of nitrogens with zero attached hydrogens (tertiary/aromatic N) is 4. The van der Waals surface area contributed by atoms with Gasteiger partial charge in [0, 0.05) is 28.9 Å². The molecule has 5 rings (SSSR count). The summed E-state index contributed by atoms with van der Waals surface area (Å²) in [6, 6.07) is 23.2. The minimum Gasteiger partial charge on any atom is -0.382 e. The summed E-state index contributed by atoms with van der Waals surface area (Å²) in [6.45, 7) is 5.77. The number of nitrogen functional groups attached to an aromatic ring is 1. The second-order valence-electron chi connectivity index (χ2n) is 9.23. The number of pyridine rings is 2. The number of aryl methyl sites for hydroxylation is 1. The number of nitrogens with one attached hydrogen (secondary N) is 1. The summed E-state index contributed by atoms with van der Waals surface area (Å²) in [6.07, 6.45) is 3.53. The number of anilines is 1. The van der Waals surface area contributed by atoms with Crippen LogP contribution in [0.1, 0.15) is 35.6 Å². The van der Waals surface area contributed by atoms with Crippen molar-refractivity contribution in [2.45, 2.75) is 26.3 Å². The third-order valence-corrected chi connectivity index (χ3v) is 6.01. The Hall–Kier alpha value is -4.65. The van der Waals surface area contributed by atoms with Gasteiger partial charge in [-0.3, -0.25) is 14.8 Å². The van der Waals surface area contributed by atoms with E-state index in [1.54, 1.807) is 6.20 Å². The third kappa shape index (κ3) is 4.51. The number of amides is 1. The highest BCUT2D eigenvalue weighted by molar-refractivity contribution is 5.99. The van der Waals surface area contributed by atoms with Crippen molar-refractivity contribution in [1.82, 2.24) is 25.3 Å². The molecule has 0 unspecified atom stereocenters. The van der Waals surface area contributed by atoms with E-state index in [0.29, 0.717) is 11.4 Å². The van der Waals surface area contributed by atoms with Crippen molar-refractivity contribution in [3.05, 3.63) is 102 Å². The summed E-state index contributed by atoms with van der Waals surface area (Å²) in [7, 11) is 0. The molecule has 0 aliphatic heterocycles. The van der Waals surface area contributed by atoms with Gasteiger partial charge in [-0.25, -0.2) is 9.97 Å². The average molecular weight is 475 g/mol. The van der Waals surface area contributed by atoms with Gasteiger partial charge in [-0.15, -0.1) is 0 Å². The quantitative estimate of drug-likeness (QED) is 0.358. The van der Waals surface area contributed by atoms with E-state index in [4.69, 9.17) is 10.7 Å². The zero-order valence-electron chi connectivity index (χ0n) is 20.4. The number of hydrogen-bond donors (Lipinski definition) is 2. The monoisotopic (exact) mass is 474 g/mol. The molecule has 3 aromatic heterocycles. The van der Waals surface area contributed by atoms with Crippen LogP contribution in [0.5, 0.6) is 0 Å². The SMILES string of the molecule is Cc1cnc2ccc(-c3nc(C(=O)NC(C)(C)c4ccccn4)c(N)nc3-c3ccccc3)cc2c1. The van der Waals surface area contributed by atoms with Gasteiger partial charge in [0.1, 0.15) is 0 Å². The molecule has 0 spiro atoms. The van der Waals surface area contributed by atoms with Gasteiger partial charge in [0.25, 0.3) is 5.91 Å². The topological polar surface area (TPSA) is 107 Å². The van der Waals surface area contributed by atoms with Crippen molar-refractivity contribution in [1.29, 1.82) is 0 Å². The fourth-order valence-corrected chi connectivity index (χ4v) is 4.14. The van der Waals surface area contributed by atoms with Crippen LogP contribution in [-0.4, -0.2) is 25.8 Å².